The first kappa shape index (κ1) is 14.7. The van der Waals surface area contributed by atoms with Gasteiger partial charge in [0, 0.05) is 6.07 Å². The first-order valence-corrected chi connectivity index (χ1v) is 6.35. The van der Waals surface area contributed by atoms with E-state index in [0.29, 0.717) is 22.9 Å². The smallest absolute Gasteiger partial charge is 0.435 e. The van der Waals surface area contributed by atoms with E-state index < -0.39 is 11.7 Å². The molecule has 0 radical (unpaired) electrons. The topological polar surface area (TPSA) is 105 Å². The van der Waals surface area contributed by atoms with Crippen molar-refractivity contribution in [3.8, 4) is 11.5 Å². The molecular formula is C14H18N4O3. The lowest BCUT2D eigenvalue weighted by Crippen LogP contribution is -2.27. The van der Waals surface area contributed by atoms with Gasteiger partial charge in [0.05, 0.1) is 23.8 Å². The minimum atomic E-state index is -0.588. The molecule has 0 atom stereocenters. The molecule has 0 amide bonds. The van der Waals surface area contributed by atoms with Gasteiger partial charge in [0.25, 0.3) is 0 Å². The molecule has 0 fully saturated rings. The summed E-state index contributed by atoms with van der Waals surface area (Å²) in [6.45, 7) is 5.34. The van der Waals surface area contributed by atoms with Crippen molar-refractivity contribution in [1.29, 1.82) is 0 Å². The fourth-order valence-corrected chi connectivity index (χ4v) is 1.52. The molecule has 112 valence electrons. The highest BCUT2D eigenvalue weighted by atomic mass is 16.6. The maximum absolute atomic E-state index is 11.8. The van der Waals surface area contributed by atoms with Gasteiger partial charge in [0.15, 0.2) is 5.75 Å². The summed E-state index contributed by atoms with van der Waals surface area (Å²) < 4.78 is 11.8. The molecular weight excluding hydrogens is 272 g/mol. The Bertz CT molecular complexity index is 658. The van der Waals surface area contributed by atoms with Crippen LogP contribution in [0.5, 0.6) is 11.5 Å². The van der Waals surface area contributed by atoms with Gasteiger partial charge in [-0.15, -0.1) is 0 Å². The van der Waals surface area contributed by atoms with Crippen LogP contribution in [0.3, 0.4) is 0 Å². The van der Waals surface area contributed by atoms with Crippen LogP contribution in [-0.2, 0) is 4.74 Å². The zero-order chi connectivity index (χ0) is 15.6. The Morgan fingerprint density at radius 2 is 1.90 bits per heavy atom. The standard InChI is InChI=1S/C14H18N4O3/c1-14(2,3)21-13(19)18-8-10(7-17-18)20-9-4-5-11(15)12(16)6-9/h4-8H,15-16H2,1-3H3. The molecule has 0 unspecified atom stereocenters. The van der Waals surface area contributed by atoms with E-state index in [2.05, 4.69) is 5.10 Å². The van der Waals surface area contributed by atoms with Gasteiger partial charge in [-0.1, -0.05) is 0 Å². The van der Waals surface area contributed by atoms with E-state index >= 15 is 0 Å². The molecule has 1 heterocycles. The van der Waals surface area contributed by atoms with Crippen molar-refractivity contribution in [1.82, 2.24) is 9.78 Å². The molecule has 1 aromatic heterocycles. The molecule has 0 aliphatic carbocycles. The van der Waals surface area contributed by atoms with Gasteiger partial charge in [0.1, 0.15) is 11.4 Å². The molecule has 0 aliphatic rings. The monoisotopic (exact) mass is 290 g/mol. The summed E-state index contributed by atoms with van der Waals surface area (Å²) in [6, 6.07) is 4.92. The fourth-order valence-electron chi connectivity index (χ4n) is 1.52. The van der Waals surface area contributed by atoms with Crippen molar-refractivity contribution in [2.24, 2.45) is 0 Å². The van der Waals surface area contributed by atoms with Gasteiger partial charge >= 0.3 is 6.09 Å². The summed E-state index contributed by atoms with van der Waals surface area (Å²) in [4.78, 5) is 11.8. The summed E-state index contributed by atoms with van der Waals surface area (Å²) in [7, 11) is 0. The van der Waals surface area contributed by atoms with Crippen molar-refractivity contribution in [3.05, 3.63) is 30.6 Å². The molecule has 0 aliphatic heterocycles. The third-order valence-corrected chi connectivity index (χ3v) is 2.43. The van der Waals surface area contributed by atoms with Gasteiger partial charge in [-0.2, -0.15) is 9.78 Å². The average molecular weight is 290 g/mol. The van der Waals surface area contributed by atoms with E-state index in [1.807, 2.05) is 0 Å². The van der Waals surface area contributed by atoms with Crippen LogP contribution in [0.4, 0.5) is 16.2 Å². The fraction of sp³-hybridized carbons (Fsp3) is 0.286. The number of nitrogens with zero attached hydrogens (tertiary/aromatic N) is 2. The highest BCUT2D eigenvalue weighted by molar-refractivity contribution is 5.70. The van der Waals surface area contributed by atoms with E-state index in [0.717, 1.165) is 4.68 Å². The van der Waals surface area contributed by atoms with Crippen molar-refractivity contribution in [2.75, 3.05) is 11.5 Å². The SMILES string of the molecule is CC(C)(C)OC(=O)n1cc(Oc2ccc(N)c(N)c2)cn1. The van der Waals surface area contributed by atoms with Crippen LogP contribution in [-0.4, -0.2) is 21.5 Å². The van der Waals surface area contributed by atoms with Gasteiger partial charge in [-0.05, 0) is 32.9 Å². The second-order valence-corrected chi connectivity index (χ2v) is 5.49. The Morgan fingerprint density at radius 1 is 1.19 bits per heavy atom. The van der Waals surface area contributed by atoms with Crippen LogP contribution in [0.1, 0.15) is 20.8 Å². The first-order chi connectivity index (χ1) is 9.74. The highest BCUT2D eigenvalue weighted by Gasteiger charge is 2.18. The Morgan fingerprint density at radius 3 is 2.52 bits per heavy atom. The Balaban J connectivity index is 2.09. The molecule has 7 heteroatoms. The largest absolute Gasteiger partial charge is 0.454 e. The van der Waals surface area contributed by atoms with Crippen molar-refractivity contribution < 1.29 is 14.3 Å². The normalized spacial score (nSPS) is 11.2. The second-order valence-electron chi connectivity index (χ2n) is 5.49. The highest BCUT2D eigenvalue weighted by Crippen LogP contribution is 2.26. The maximum atomic E-state index is 11.8. The summed E-state index contributed by atoms with van der Waals surface area (Å²) in [5.41, 5.74) is 11.6. The Kier molecular flexibility index (Phi) is 3.75. The number of hydrogen-bond donors (Lipinski definition) is 2. The molecule has 21 heavy (non-hydrogen) atoms. The summed E-state index contributed by atoms with van der Waals surface area (Å²) in [6.07, 6.45) is 2.27. The Hall–Kier alpha value is -2.70. The number of anilines is 2. The minimum Gasteiger partial charge on any atom is -0.454 e. The molecule has 0 saturated heterocycles. The first-order valence-electron chi connectivity index (χ1n) is 6.35. The molecule has 0 saturated carbocycles. The molecule has 7 nitrogen and oxygen atoms in total. The van der Waals surface area contributed by atoms with E-state index in [-0.39, 0.29) is 0 Å². The summed E-state index contributed by atoms with van der Waals surface area (Å²) >= 11 is 0. The molecule has 2 rings (SSSR count). The summed E-state index contributed by atoms with van der Waals surface area (Å²) in [5.74, 6) is 0.899. The van der Waals surface area contributed by atoms with Gasteiger partial charge in [-0.25, -0.2) is 4.79 Å². The van der Waals surface area contributed by atoms with Crippen LogP contribution >= 0.6 is 0 Å². The van der Waals surface area contributed by atoms with E-state index in [1.54, 1.807) is 39.0 Å². The van der Waals surface area contributed by atoms with Gasteiger partial charge < -0.3 is 20.9 Å². The zero-order valence-corrected chi connectivity index (χ0v) is 12.2. The quantitative estimate of drug-likeness (QED) is 0.823. The predicted molar refractivity (Wildman–Crippen MR) is 79.2 cm³/mol. The maximum Gasteiger partial charge on any atom is 0.435 e. The number of hydrogen-bond acceptors (Lipinski definition) is 6. The minimum absolute atomic E-state index is 0.394. The Labute approximate surface area is 122 Å². The number of carbonyl (C=O) groups is 1. The number of carbonyl (C=O) groups excluding carboxylic acids is 1. The number of nitrogen functional groups attached to an aromatic ring is 2. The van der Waals surface area contributed by atoms with Crippen LogP contribution in [0.15, 0.2) is 30.6 Å². The van der Waals surface area contributed by atoms with Crippen LogP contribution in [0.25, 0.3) is 0 Å². The average Bonchev–Trinajstić information content (AvgIpc) is 2.80. The lowest BCUT2D eigenvalue weighted by atomic mass is 10.2. The van der Waals surface area contributed by atoms with Crippen molar-refractivity contribution >= 4 is 17.5 Å². The van der Waals surface area contributed by atoms with Gasteiger partial charge in [-0.3, -0.25) is 0 Å². The molecule has 0 bridgehead atoms. The molecule has 1 aromatic carbocycles. The number of nitrogens with two attached hydrogens (primary N) is 2. The van der Waals surface area contributed by atoms with E-state index in [9.17, 15) is 4.79 Å². The third kappa shape index (κ3) is 3.88. The van der Waals surface area contributed by atoms with E-state index in [4.69, 9.17) is 20.9 Å². The molecule has 0 spiro atoms. The lowest BCUT2D eigenvalue weighted by molar-refractivity contribution is 0.0514. The van der Waals surface area contributed by atoms with Crippen molar-refractivity contribution in [3.63, 3.8) is 0 Å². The van der Waals surface area contributed by atoms with Crippen LogP contribution in [0, 0.1) is 0 Å². The van der Waals surface area contributed by atoms with Gasteiger partial charge in [0.2, 0.25) is 0 Å². The third-order valence-electron chi connectivity index (χ3n) is 2.43. The number of aromatic nitrogens is 2. The summed E-state index contributed by atoms with van der Waals surface area (Å²) in [5, 5.41) is 3.90. The number of benzene rings is 1. The molecule has 4 N–H and O–H groups in total. The van der Waals surface area contributed by atoms with Crippen LogP contribution in [0.2, 0.25) is 0 Å². The van der Waals surface area contributed by atoms with Crippen LogP contribution < -0.4 is 16.2 Å². The lowest BCUT2D eigenvalue weighted by Gasteiger charge is -2.18. The zero-order valence-electron chi connectivity index (χ0n) is 12.2. The number of rotatable bonds is 2. The van der Waals surface area contributed by atoms with Crippen molar-refractivity contribution in [2.45, 2.75) is 26.4 Å². The van der Waals surface area contributed by atoms with E-state index in [1.165, 1.54) is 12.4 Å². The molecule has 2 aromatic rings. The number of ether oxygens (including phenoxy) is 2. The predicted octanol–water partition coefficient (Wildman–Crippen LogP) is 2.62. The second kappa shape index (κ2) is 5.35.